The lowest BCUT2D eigenvalue weighted by Crippen LogP contribution is -2.51. The molecule has 2 aliphatic heterocycles. The number of amides is 2. The second kappa shape index (κ2) is 10.6. The van der Waals surface area contributed by atoms with Gasteiger partial charge in [-0.2, -0.15) is 0 Å². The van der Waals surface area contributed by atoms with Crippen LogP contribution < -0.4 is 11.1 Å². The van der Waals surface area contributed by atoms with Crippen molar-refractivity contribution >= 4 is 11.8 Å². The summed E-state index contributed by atoms with van der Waals surface area (Å²) < 4.78 is 0. The first-order valence-electron chi connectivity index (χ1n) is 10.7. The molecule has 6 heteroatoms. The standard InChI is InChI=1S/C22H34N4O2/c23-21(27)11-16-25-14-9-20(10-15-25)26-13-4-7-19(17-26)22(28)24-12-8-18-5-2-1-3-6-18/h1-3,5-6,19-20H,4,7-17H2,(H2,23,27)(H,24,28)/t19-/m0/s1. The van der Waals surface area contributed by atoms with Crippen molar-refractivity contribution in [2.24, 2.45) is 11.7 Å². The molecule has 0 radical (unpaired) electrons. The van der Waals surface area contributed by atoms with Crippen LogP contribution in [0.2, 0.25) is 0 Å². The van der Waals surface area contributed by atoms with Crippen molar-refractivity contribution in [2.75, 3.05) is 39.3 Å². The molecule has 0 saturated carbocycles. The molecule has 154 valence electrons. The predicted molar refractivity (Wildman–Crippen MR) is 111 cm³/mol. The van der Waals surface area contributed by atoms with Gasteiger partial charge in [0, 0.05) is 32.1 Å². The fourth-order valence-electron chi connectivity index (χ4n) is 4.45. The molecule has 0 aliphatic carbocycles. The zero-order valence-electron chi connectivity index (χ0n) is 16.8. The van der Waals surface area contributed by atoms with Crippen LogP contribution in [-0.2, 0) is 16.0 Å². The summed E-state index contributed by atoms with van der Waals surface area (Å²) >= 11 is 0. The van der Waals surface area contributed by atoms with E-state index in [1.165, 1.54) is 5.56 Å². The van der Waals surface area contributed by atoms with Gasteiger partial charge in [0.1, 0.15) is 0 Å². The Morgan fingerprint density at radius 1 is 1.07 bits per heavy atom. The van der Waals surface area contributed by atoms with Crippen LogP contribution in [0.25, 0.3) is 0 Å². The van der Waals surface area contributed by atoms with E-state index in [9.17, 15) is 9.59 Å². The minimum Gasteiger partial charge on any atom is -0.370 e. The lowest BCUT2D eigenvalue weighted by Gasteiger charge is -2.42. The number of nitrogens with two attached hydrogens (primary N) is 1. The molecule has 0 aromatic heterocycles. The van der Waals surface area contributed by atoms with E-state index in [0.29, 0.717) is 19.0 Å². The minimum atomic E-state index is -0.223. The van der Waals surface area contributed by atoms with E-state index in [1.54, 1.807) is 0 Å². The number of primary amides is 1. The Hall–Kier alpha value is -1.92. The van der Waals surface area contributed by atoms with Gasteiger partial charge in [0.2, 0.25) is 11.8 Å². The minimum absolute atomic E-state index is 0.109. The second-order valence-corrected chi connectivity index (χ2v) is 8.15. The average Bonchev–Trinajstić information content (AvgIpc) is 2.73. The first-order chi connectivity index (χ1) is 13.6. The van der Waals surface area contributed by atoms with E-state index >= 15 is 0 Å². The van der Waals surface area contributed by atoms with Crippen molar-refractivity contribution in [3.05, 3.63) is 35.9 Å². The van der Waals surface area contributed by atoms with Gasteiger partial charge >= 0.3 is 0 Å². The number of nitrogens with zero attached hydrogens (tertiary/aromatic N) is 2. The molecule has 1 aromatic rings. The molecule has 3 N–H and O–H groups in total. The van der Waals surface area contributed by atoms with Crippen LogP contribution >= 0.6 is 0 Å². The van der Waals surface area contributed by atoms with Crippen LogP contribution in [0.4, 0.5) is 0 Å². The Kier molecular flexibility index (Phi) is 7.86. The molecule has 1 atom stereocenters. The molecule has 2 aliphatic rings. The van der Waals surface area contributed by atoms with E-state index in [0.717, 1.165) is 64.8 Å². The van der Waals surface area contributed by atoms with Crippen LogP contribution in [0.15, 0.2) is 30.3 Å². The highest BCUT2D eigenvalue weighted by atomic mass is 16.2. The number of carbonyl (C=O) groups is 2. The molecule has 28 heavy (non-hydrogen) atoms. The van der Waals surface area contributed by atoms with E-state index in [1.807, 2.05) is 18.2 Å². The summed E-state index contributed by atoms with van der Waals surface area (Å²) in [5.74, 6) is 0.0937. The van der Waals surface area contributed by atoms with E-state index in [2.05, 4.69) is 27.2 Å². The maximum atomic E-state index is 12.6. The van der Waals surface area contributed by atoms with Crippen molar-refractivity contribution in [1.29, 1.82) is 0 Å². The number of nitrogens with one attached hydrogen (secondary N) is 1. The third-order valence-corrected chi connectivity index (χ3v) is 6.13. The maximum Gasteiger partial charge on any atom is 0.224 e. The summed E-state index contributed by atoms with van der Waals surface area (Å²) in [6.45, 7) is 5.49. The summed E-state index contributed by atoms with van der Waals surface area (Å²) in [5.41, 5.74) is 6.51. The molecular formula is C22H34N4O2. The van der Waals surface area contributed by atoms with Gasteiger partial charge in [-0.05, 0) is 57.3 Å². The van der Waals surface area contributed by atoms with Gasteiger partial charge in [0.05, 0.1) is 5.92 Å². The monoisotopic (exact) mass is 386 g/mol. The smallest absolute Gasteiger partial charge is 0.224 e. The summed E-state index contributed by atoms with van der Waals surface area (Å²) in [6, 6.07) is 10.9. The van der Waals surface area contributed by atoms with Gasteiger partial charge in [-0.3, -0.25) is 14.5 Å². The van der Waals surface area contributed by atoms with E-state index in [4.69, 9.17) is 5.73 Å². The Morgan fingerprint density at radius 2 is 1.82 bits per heavy atom. The molecule has 2 amide bonds. The number of hydrogen-bond acceptors (Lipinski definition) is 4. The average molecular weight is 387 g/mol. The third-order valence-electron chi connectivity index (χ3n) is 6.13. The Labute approximate surface area is 168 Å². The summed E-state index contributed by atoms with van der Waals surface area (Å²) in [5, 5.41) is 3.14. The number of hydrogen-bond donors (Lipinski definition) is 2. The Morgan fingerprint density at radius 3 is 2.54 bits per heavy atom. The van der Waals surface area contributed by atoms with Crippen LogP contribution in [0, 0.1) is 5.92 Å². The van der Waals surface area contributed by atoms with Gasteiger partial charge in [-0.15, -0.1) is 0 Å². The maximum absolute atomic E-state index is 12.6. The highest BCUT2D eigenvalue weighted by molar-refractivity contribution is 5.79. The molecule has 6 nitrogen and oxygen atoms in total. The second-order valence-electron chi connectivity index (χ2n) is 8.15. The largest absolute Gasteiger partial charge is 0.370 e. The first kappa shape index (κ1) is 20.8. The zero-order valence-corrected chi connectivity index (χ0v) is 16.8. The molecule has 2 saturated heterocycles. The zero-order chi connectivity index (χ0) is 19.8. The number of piperidine rings is 2. The molecule has 0 bridgehead atoms. The summed E-state index contributed by atoms with van der Waals surface area (Å²) in [7, 11) is 0. The van der Waals surface area contributed by atoms with Gasteiger partial charge < -0.3 is 16.0 Å². The van der Waals surface area contributed by atoms with Crippen LogP contribution in [0.1, 0.15) is 37.7 Å². The number of likely N-dealkylation sites (tertiary alicyclic amines) is 2. The van der Waals surface area contributed by atoms with E-state index in [-0.39, 0.29) is 17.7 Å². The first-order valence-corrected chi connectivity index (χ1v) is 10.7. The number of benzene rings is 1. The van der Waals surface area contributed by atoms with Gasteiger partial charge in [0.15, 0.2) is 0 Å². The molecule has 0 unspecified atom stereocenters. The van der Waals surface area contributed by atoms with Gasteiger partial charge in [-0.1, -0.05) is 30.3 Å². The molecule has 1 aromatic carbocycles. The van der Waals surface area contributed by atoms with Crippen LogP contribution in [0.3, 0.4) is 0 Å². The van der Waals surface area contributed by atoms with Crippen molar-refractivity contribution in [1.82, 2.24) is 15.1 Å². The lowest BCUT2D eigenvalue weighted by molar-refractivity contribution is -0.127. The van der Waals surface area contributed by atoms with E-state index < -0.39 is 0 Å². The highest BCUT2D eigenvalue weighted by Gasteiger charge is 2.31. The molecule has 0 spiro atoms. The quantitative estimate of drug-likeness (QED) is 0.708. The molecule has 2 fully saturated rings. The molecule has 2 heterocycles. The SMILES string of the molecule is NC(=O)CCN1CCC(N2CCC[C@H](C(=O)NCCc3ccccc3)C2)CC1. The number of carbonyl (C=O) groups excluding carboxylic acids is 2. The van der Waals surface area contributed by atoms with Gasteiger partial charge in [-0.25, -0.2) is 0 Å². The van der Waals surface area contributed by atoms with Crippen molar-refractivity contribution < 1.29 is 9.59 Å². The topological polar surface area (TPSA) is 78.7 Å². The fraction of sp³-hybridized carbons (Fsp3) is 0.636. The number of rotatable bonds is 8. The van der Waals surface area contributed by atoms with Crippen molar-refractivity contribution in [3.63, 3.8) is 0 Å². The van der Waals surface area contributed by atoms with Crippen molar-refractivity contribution in [3.8, 4) is 0 Å². The highest BCUT2D eigenvalue weighted by Crippen LogP contribution is 2.24. The Balaban J connectivity index is 1.39. The predicted octanol–water partition coefficient (Wildman–Crippen LogP) is 1.40. The van der Waals surface area contributed by atoms with Gasteiger partial charge in [0.25, 0.3) is 0 Å². The van der Waals surface area contributed by atoms with Crippen LogP contribution in [0.5, 0.6) is 0 Å². The molecule has 3 rings (SSSR count). The summed E-state index contributed by atoms with van der Waals surface area (Å²) in [4.78, 5) is 28.4. The molecular weight excluding hydrogens is 352 g/mol. The Bertz CT molecular complexity index is 629. The summed E-state index contributed by atoms with van der Waals surface area (Å²) in [6.07, 6.45) is 5.64. The lowest BCUT2D eigenvalue weighted by atomic mass is 9.93. The third kappa shape index (κ3) is 6.31. The normalized spacial score (nSPS) is 22.1. The fourth-order valence-corrected chi connectivity index (χ4v) is 4.45. The van der Waals surface area contributed by atoms with Crippen LogP contribution in [-0.4, -0.2) is 66.9 Å². The van der Waals surface area contributed by atoms with Crippen molar-refractivity contribution in [2.45, 2.75) is 44.6 Å².